The third-order valence-electron chi connectivity index (χ3n) is 4.01. The molecule has 0 radical (unpaired) electrons. The van der Waals surface area contributed by atoms with E-state index in [1.165, 1.54) is 24.3 Å². The number of carbonyl (C=O) groups excluding carboxylic acids is 1. The van der Waals surface area contributed by atoms with Crippen LogP contribution in [0.4, 0.5) is 21.5 Å². The van der Waals surface area contributed by atoms with Gasteiger partial charge < -0.3 is 10.6 Å². The van der Waals surface area contributed by atoms with Gasteiger partial charge in [-0.2, -0.15) is 0 Å². The molecule has 0 atom stereocenters. The lowest BCUT2D eigenvalue weighted by Gasteiger charge is -2.09. The summed E-state index contributed by atoms with van der Waals surface area (Å²) in [5.74, 6) is -0.718. The van der Waals surface area contributed by atoms with E-state index in [0.717, 1.165) is 22.3 Å². The average Bonchev–Trinajstić information content (AvgIpc) is 2.70. The molecule has 0 spiro atoms. The molecule has 2 heterocycles. The summed E-state index contributed by atoms with van der Waals surface area (Å²) in [6, 6.07) is 18.7. The van der Waals surface area contributed by atoms with Gasteiger partial charge in [-0.25, -0.2) is 9.37 Å². The quantitative estimate of drug-likeness (QED) is 0.552. The maximum atomic E-state index is 12.9. The Hall–Kier alpha value is -3.80. The zero-order valence-electron chi connectivity index (χ0n) is 14.2. The van der Waals surface area contributed by atoms with Crippen molar-refractivity contribution < 1.29 is 9.18 Å². The van der Waals surface area contributed by atoms with Gasteiger partial charge in [0.1, 0.15) is 11.5 Å². The number of para-hydroxylation sites is 1. The Balaban J connectivity index is 1.50. The number of anilines is 3. The zero-order chi connectivity index (χ0) is 18.6. The minimum Gasteiger partial charge on any atom is -0.352 e. The lowest BCUT2D eigenvalue weighted by Crippen LogP contribution is -2.13. The molecule has 1 amide bonds. The molecule has 4 aromatic rings. The van der Waals surface area contributed by atoms with E-state index in [-0.39, 0.29) is 17.4 Å². The fourth-order valence-electron chi connectivity index (χ4n) is 2.69. The van der Waals surface area contributed by atoms with Crippen LogP contribution in [0.3, 0.4) is 0 Å². The Morgan fingerprint density at radius 2 is 1.63 bits per heavy atom. The number of rotatable bonds is 4. The van der Waals surface area contributed by atoms with Crippen molar-refractivity contribution in [2.45, 2.75) is 0 Å². The minimum atomic E-state index is -0.361. The van der Waals surface area contributed by atoms with Gasteiger partial charge in [-0.1, -0.05) is 18.2 Å². The second-order valence-corrected chi connectivity index (χ2v) is 5.90. The van der Waals surface area contributed by atoms with Crippen LogP contribution in [0.5, 0.6) is 0 Å². The Morgan fingerprint density at radius 3 is 2.41 bits per heavy atom. The standard InChI is InChI=1S/C21H15FN4O/c22-15-6-8-16(9-7-15)26-21(27)19-11-10-17(13-24-19)25-18-5-1-3-14-4-2-12-23-20(14)18/h1-13,25H,(H,26,27). The van der Waals surface area contributed by atoms with E-state index in [2.05, 4.69) is 20.6 Å². The Morgan fingerprint density at radius 1 is 0.852 bits per heavy atom. The summed E-state index contributed by atoms with van der Waals surface area (Å²) >= 11 is 0. The SMILES string of the molecule is O=C(Nc1ccc(F)cc1)c1ccc(Nc2cccc3cccnc23)cn1. The van der Waals surface area contributed by atoms with Crippen LogP contribution in [0.15, 0.2) is 79.1 Å². The van der Waals surface area contributed by atoms with Crippen LogP contribution < -0.4 is 10.6 Å². The smallest absolute Gasteiger partial charge is 0.274 e. The topological polar surface area (TPSA) is 66.9 Å². The molecule has 0 unspecified atom stereocenters. The molecule has 0 bridgehead atoms. The number of nitrogens with zero attached hydrogens (tertiary/aromatic N) is 2. The maximum absolute atomic E-state index is 12.9. The van der Waals surface area contributed by atoms with Crippen LogP contribution >= 0.6 is 0 Å². The highest BCUT2D eigenvalue weighted by Gasteiger charge is 2.08. The van der Waals surface area contributed by atoms with Crippen molar-refractivity contribution in [2.75, 3.05) is 10.6 Å². The molecule has 0 saturated heterocycles. The fourth-order valence-corrected chi connectivity index (χ4v) is 2.69. The molecule has 0 saturated carbocycles. The van der Waals surface area contributed by atoms with Crippen LogP contribution in [0.1, 0.15) is 10.5 Å². The van der Waals surface area contributed by atoms with E-state index in [1.54, 1.807) is 24.5 Å². The monoisotopic (exact) mass is 358 g/mol. The van der Waals surface area contributed by atoms with E-state index in [9.17, 15) is 9.18 Å². The molecule has 2 aromatic heterocycles. The maximum Gasteiger partial charge on any atom is 0.274 e. The molecule has 0 aliphatic heterocycles. The first kappa shape index (κ1) is 16.7. The van der Waals surface area contributed by atoms with Gasteiger partial charge in [-0.15, -0.1) is 0 Å². The van der Waals surface area contributed by atoms with Gasteiger partial charge in [-0.05, 0) is 48.5 Å². The highest BCUT2D eigenvalue weighted by molar-refractivity contribution is 6.03. The number of pyridine rings is 2. The highest BCUT2D eigenvalue weighted by atomic mass is 19.1. The molecular weight excluding hydrogens is 343 g/mol. The van der Waals surface area contributed by atoms with Gasteiger partial charge in [0, 0.05) is 17.3 Å². The Kier molecular flexibility index (Phi) is 4.45. The number of nitrogens with one attached hydrogen (secondary N) is 2. The average molecular weight is 358 g/mol. The highest BCUT2D eigenvalue weighted by Crippen LogP contribution is 2.24. The summed E-state index contributed by atoms with van der Waals surface area (Å²) in [5.41, 5.74) is 3.23. The number of benzene rings is 2. The van der Waals surface area contributed by atoms with Crippen LogP contribution in [0.2, 0.25) is 0 Å². The summed E-state index contributed by atoms with van der Waals surface area (Å²) in [5, 5.41) is 6.98. The number of carbonyl (C=O) groups is 1. The van der Waals surface area contributed by atoms with Crippen molar-refractivity contribution in [3.05, 3.63) is 90.6 Å². The number of halogens is 1. The van der Waals surface area contributed by atoms with Gasteiger partial charge in [0.05, 0.1) is 23.1 Å². The van der Waals surface area contributed by atoms with Gasteiger partial charge in [0.2, 0.25) is 0 Å². The first-order valence-corrected chi connectivity index (χ1v) is 8.33. The number of amides is 1. The van der Waals surface area contributed by atoms with E-state index in [4.69, 9.17) is 0 Å². The summed E-state index contributed by atoms with van der Waals surface area (Å²) in [7, 11) is 0. The summed E-state index contributed by atoms with van der Waals surface area (Å²) in [6.45, 7) is 0. The summed E-state index contributed by atoms with van der Waals surface area (Å²) < 4.78 is 12.9. The molecule has 5 nitrogen and oxygen atoms in total. The van der Waals surface area contributed by atoms with Crippen LogP contribution in [0.25, 0.3) is 10.9 Å². The van der Waals surface area contributed by atoms with Crippen molar-refractivity contribution in [2.24, 2.45) is 0 Å². The number of fused-ring (bicyclic) bond motifs is 1. The molecule has 0 aliphatic rings. The van der Waals surface area contributed by atoms with E-state index in [1.807, 2.05) is 30.3 Å². The van der Waals surface area contributed by atoms with Crippen molar-refractivity contribution in [3.63, 3.8) is 0 Å². The third kappa shape index (κ3) is 3.74. The molecule has 27 heavy (non-hydrogen) atoms. The van der Waals surface area contributed by atoms with Crippen molar-refractivity contribution >= 4 is 33.9 Å². The van der Waals surface area contributed by atoms with Crippen molar-refractivity contribution in [1.29, 1.82) is 0 Å². The molecule has 0 fully saturated rings. The van der Waals surface area contributed by atoms with Gasteiger partial charge in [0.25, 0.3) is 5.91 Å². The molecule has 6 heteroatoms. The number of hydrogen-bond acceptors (Lipinski definition) is 4. The molecule has 132 valence electrons. The van der Waals surface area contributed by atoms with E-state index >= 15 is 0 Å². The van der Waals surface area contributed by atoms with E-state index in [0.29, 0.717) is 5.69 Å². The van der Waals surface area contributed by atoms with Crippen LogP contribution in [-0.4, -0.2) is 15.9 Å². The summed E-state index contributed by atoms with van der Waals surface area (Å²) in [6.07, 6.45) is 3.33. The number of aromatic nitrogens is 2. The Bertz CT molecular complexity index is 1090. The van der Waals surface area contributed by atoms with Gasteiger partial charge in [-0.3, -0.25) is 9.78 Å². The third-order valence-corrected chi connectivity index (χ3v) is 4.01. The predicted octanol–water partition coefficient (Wildman–Crippen LogP) is 4.76. The van der Waals surface area contributed by atoms with Crippen molar-refractivity contribution in [3.8, 4) is 0 Å². The van der Waals surface area contributed by atoms with Crippen LogP contribution in [-0.2, 0) is 0 Å². The fraction of sp³-hybridized carbons (Fsp3) is 0. The van der Waals surface area contributed by atoms with Crippen LogP contribution in [0, 0.1) is 5.82 Å². The van der Waals surface area contributed by atoms with Gasteiger partial charge in [0.15, 0.2) is 0 Å². The van der Waals surface area contributed by atoms with E-state index < -0.39 is 0 Å². The second-order valence-electron chi connectivity index (χ2n) is 5.90. The molecule has 2 N–H and O–H groups in total. The first-order valence-electron chi connectivity index (χ1n) is 8.33. The molecular formula is C21H15FN4O. The first-order chi connectivity index (χ1) is 13.2. The van der Waals surface area contributed by atoms with Gasteiger partial charge >= 0.3 is 0 Å². The minimum absolute atomic E-state index is 0.265. The normalized spacial score (nSPS) is 10.6. The molecule has 0 aliphatic carbocycles. The summed E-state index contributed by atoms with van der Waals surface area (Å²) in [4.78, 5) is 20.8. The predicted molar refractivity (Wildman–Crippen MR) is 104 cm³/mol. The largest absolute Gasteiger partial charge is 0.352 e. The Labute approximate surface area is 154 Å². The molecule has 2 aromatic carbocycles. The van der Waals surface area contributed by atoms with Crippen molar-refractivity contribution in [1.82, 2.24) is 9.97 Å². The lowest BCUT2D eigenvalue weighted by atomic mass is 10.2. The zero-order valence-corrected chi connectivity index (χ0v) is 14.2. The number of hydrogen-bond donors (Lipinski definition) is 2. The lowest BCUT2D eigenvalue weighted by molar-refractivity contribution is 0.102. The molecule has 4 rings (SSSR count). The second kappa shape index (κ2) is 7.21.